The molecule has 0 fully saturated rings. The number of hydrogen-bond donors (Lipinski definition) is 1. The molecule has 0 aliphatic rings. The lowest BCUT2D eigenvalue weighted by Crippen LogP contribution is -1.81. The number of phenols is 1. The molecule has 0 atom stereocenters. The van der Waals surface area contributed by atoms with Gasteiger partial charge in [-0.1, -0.05) is 11.6 Å². The number of rotatable bonds is 1. The minimum absolute atomic E-state index is 0.0429. The molecule has 0 aliphatic heterocycles. The summed E-state index contributed by atoms with van der Waals surface area (Å²) in [6, 6.07) is 3.19. The van der Waals surface area contributed by atoms with E-state index in [2.05, 4.69) is 0 Å². The van der Waals surface area contributed by atoms with Gasteiger partial charge < -0.3 is 5.11 Å². The molecule has 0 spiro atoms. The van der Waals surface area contributed by atoms with Crippen molar-refractivity contribution in [3.8, 4) is 5.75 Å². The summed E-state index contributed by atoms with van der Waals surface area (Å²) in [5.41, 5.74) is 0.471. The number of hydrogen-bond acceptors (Lipinski definition) is 3. The lowest BCUT2D eigenvalue weighted by molar-refractivity contribution is 0.112. The number of phenolic OH excluding ortho intramolecular Hbond substituents is 1. The first kappa shape index (κ1) is 8.53. The first-order chi connectivity index (χ1) is 6.24. The van der Waals surface area contributed by atoms with Gasteiger partial charge in [0.1, 0.15) is 10.8 Å². The van der Waals surface area contributed by atoms with Crippen molar-refractivity contribution in [1.82, 2.24) is 0 Å². The van der Waals surface area contributed by atoms with E-state index in [4.69, 9.17) is 11.6 Å². The molecule has 1 aromatic heterocycles. The fraction of sp³-hybridized carbons (Fsp3) is 0. The van der Waals surface area contributed by atoms with Crippen molar-refractivity contribution in [3.63, 3.8) is 0 Å². The molecule has 13 heavy (non-hydrogen) atoms. The van der Waals surface area contributed by atoms with Gasteiger partial charge in [-0.25, -0.2) is 0 Å². The summed E-state index contributed by atoms with van der Waals surface area (Å²) < 4.78 is 0.753. The van der Waals surface area contributed by atoms with Gasteiger partial charge in [-0.15, -0.1) is 11.3 Å². The zero-order valence-corrected chi connectivity index (χ0v) is 8.02. The molecule has 1 heterocycles. The quantitative estimate of drug-likeness (QED) is 0.738. The van der Waals surface area contributed by atoms with Crippen LogP contribution >= 0.6 is 22.9 Å². The topological polar surface area (TPSA) is 37.3 Å². The Hall–Kier alpha value is -1.06. The van der Waals surface area contributed by atoms with Crippen LogP contribution in [-0.4, -0.2) is 11.4 Å². The van der Waals surface area contributed by atoms with Crippen LogP contribution in [0.25, 0.3) is 10.1 Å². The van der Waals surface area contributed by atoms with E-state index in [1.807, 2.05) is 11.4 Å². The van der Waals surface area contributed by atoms with Gasteiger partial charge in [0, 0.05) is 10.9 Å². The molecule has 0 aliphatic carbocycles. The predicted octanol–water partition coefficient (Wildman–Crippen LogP) is 3.07. The Morgan fingerprint density at radius 2 is 2.31 bits per heavy atom. The highest BCUT2D eigenvalue weighted by atomic mass is 35.5. The monoisotopic (exact) mass is 212 g/mol. The molecule has 2 aromatic rings. The summed E-state index contributed by atoms with van der Waals surface area (Å²) in [5.74, 6) is -0.0429. The van der Waals surface area contributed by atoms with E-state index in [1.165, 1.54) is 17.4 Å². The van der Waals surface area contributed by atoms with E-state index in [0.717, 1.165) is 10.1 Å². The SMILES string of the molecule is O=Cc1cc(O)c(Cl)c2sccc12. The number of fused-ring (bicyclic) bond motifs is 1. The van der Waals surface area contributed by atoms with Crippen LogP contribution < -0.4 is 0 Å². The molecule has 0 unspecified atom stereocenters. The van der Waals surface area contributed by atoms with Gasteiger partial charge in [0.25, 0.3) is 0 Å². The van der Waals surface area contributed by atoms with Gasteiger partial charge in [0.15, 0.2) is 6.29 Å². The van der Waals surface area contributed by atoms with Crippen LogP contribution in [0.3, 0.4) is 0 Å². The predicted molar refractivity (Wildman–Crippen MR) is 53.9 cm³/mol. The third-order valence-electron chi connectivity index (χ3n) is 1.82. The van der Waals surface area contributed by atoms with Gasteiger partial charge >= 0.3 is 0 Å². The van der Waals surface area contributed by atoms with Gasteiger partial charge in [0.2, 0.25) is 0 Å². The fourth-order valence-electron chi connectivity index (χ4n) is 1.21. The molecule has 0 saturated carbocycles. The number of thiophene rings is 1. The third kappa shape index (κ3) is 1.20. The first-order valence-electron chi connectivity index (χ1n) is 3.58. The minimum Gasteiger partial charge on any atom is -0.506 e. The van der Waals surface area contributed by atoms with Crippen LogP contribution in [0.1, 0.15) is 10.4 Å². The largest absolute Gasteiger partial charge is 0.506 e. The van der Waals surface area contributed by atoms with E-state index in [0.29, 0.717) is 16.9 Å². The maximum Gasteiger partial charge on any atom is 0.150 e. The highest BCUT2D eigenvalue weighted by molar-refractivity contribution is 7.18. The van der Waals surface area contributed by atoms with E-state index >= 15 is 0 Å². The van der Waals surface area contributed by atoms with Crippen molar-refractivity contribution in [3.05, 3.63) is 28.1 Å². The molecule has 66 valence electrons. The standard InChI is InChI=1S/C9H5ClO2S/c10-8-7(12)3-5(4-11)6-1-2-13-9(6)8/h1-4,12H. The molecule has 2 nitrogen and oxygen atoms in total. The first-order valence-corrected chi connectivity index (χ1v) is 4.83. The Morgan fingerprint density at radius 3 is 3.00 bits per heavy atom. The highest BCUT2D eigenvalue weighted by Crippen LogP contribution is 2.37. The molecule has 0 amide bonds. The number of carbonyl (C=O) groups is 1. The molecular weight excluding hydrogens is 208 g/mol. The van der Waals surface area contributed by atoms with Crippen LogP contribution in [0, 0.1) is 0 Å². The van der Waals surface area contributed by atoms with E-state index in [1.54, 1.807) is 0 Å². The van der Waals surface area contributed by atoms with Crippen molar-refractivity contribution in [2.75, 3.05) is 0 Å². The molecular formula is C9H5ClO2S. The molecule has 0 radical (unpaired) electrons. The van der Waals surface area contributed by atoms with Crippen molar-refractivity contribution in [2.45, 2.75) is 0 Å². The summed E-state index contributed by atoms with van der Waals surface area (Å²) in [5, 5.41) is 12.3. The number of carbonyl (C=O) groups excluding carboxylic acids is 1. The Labute approximate surface area is 83.4 Å². The summed E-state index contributed by atoms with van der Waals surface area (Å²) in [6.45, 7) is 0. The van der Waals surface area contributed by atoms with Gasteiger partial charge in [-0.05, 0) is 17.5 Å². The molecule has 1 N–H and O–H groups in total. The summed E-state index contributed by atoms with van der Waals surface area (Å²) >= 11 is 7.25. The molecule has 1 aromatic carbocycles. The van der Waals surface area contributed by atoms with Crippen molar-refractivity contribution in [1.29, 1.82) is 0 Å². The Bertz CT molecular complexity index is 476. The second kappa shape index (κ2) is 3.01. The second-order valence-corrected chi connectivity index (χ2v) is 3.87. The van der Waals surface area contributed by atoms with E-state index < -0.39 is 0 Å². The van der Waals surface area contributed by atoms with Crippen molar-refractivity contribution >= 4 is 39.3 Å². The zero-order chi connectivity index (χ0) is 9.42. The molecule has 2 rings (SSSR count). The van der Waals surface area contributed by atoms with Crippen LogP contribution in [0.4, 0.5) is 0 Å². The molecule has 4 heteroatoms. The van der Waals surface area contributed by atoms with Gasteiger partial charge in [0.05, 0.1) is 4.70 Å². The number of aldehydes is 1. The Kier molecular flexibility index (Phi) is 1.98. The number of halogens is 1. The van der Waals surface area contributed by atoms with Gasteiger partial charge in [-0.3, -0.25) is 4.79 Å². The Balaban J connectivity index is 2.95. The number of benzene rings is 1. The summed E-state index contributed by atoms with van der Waals surface area (Å²) in [7, 11) is 0. The average Bonchev–Trinajstić information content (AvgIpc) is 2.60. The normalized spacial score (nSPS) is 10.5. The lowest BCUT2D eigenvalue weighted by Gasteiger charge is -2.00. The maximum absolute atomic E-state index is 10.6. The van der Waals surface area contributed by atoms with Crippen LogP contribution in [0.2, 0.25) is 5.02 Å². The van der Waals surface area contributed by atoms with Crippen molar-refractivity contribution in [2.24, 2.45) is 0 Å². The van der Waals surface area contributed by atoms with Crippen LogP contribution in [0.15, 0.2) is 17.5 Å². The zero-order valence-electron chi connectivity index (χ0n) is 6.45. The Morgan fingerprint density at radius 1 is 1.54 bits per heavy atom. The second-order valence-electron chi connectivity index (χ2n) is 2.58. The van der Waals surface area contributed by atoms with Gasteiger partial charge in [-0.2, -0.15) is 0 Å². The van der Waals surface area contributed by atoms with Crippen molar-refractivity contribution < 1.29 is 9.90 Å². The van der Waals surface area contributed by atoms with Crippen LogP contribution in [-0.2, 0) is 0 Å². The minimum atomic E-state index is -0.0429. The molecule has 0 bridgehead atoms. The summed E-state index contributed by atoms with van der Waals surface area (Å²) in [6.07, 6.45) is 0.713. The highest BCUT2D eigenvalue weighted by Gasteiger charge is 2.09. The lowest BCUT2D eigenvalue weighted by atomic mass is 10.1. The fourth-order valence-corrected chi connectivity index (χ4v) is 2.36. The average molecular weight is 213 g/mol. The maximum atomic E-state index is 10.6. The third-order valence-corrected chi connectivity index (χ3v) is 3.25. The molecule has 0 saturated heterocycles. The van der Waals surface area contributed by atoms with E-state index in [-0.39, 0.29) is 5.75 Å². The number of aromatic hydroxyl groups is 1. The van der Waals surface area contributed by atoms with E-state index in [9.17, 15) is 9.90 Å². The van der Waals surface area contributed by atoms with Crippen LogP contribution in [0.5, 0.6) is 5.75 Å². The smallest absolute Gasteiger partial charge is 0.150 e. The summed E-state index contributed by atoms with van der Waals surface area (Å²) in [4.78, 5) is 10.6.